The van der Waals surface area contributed by atoms with Gasteiger partial charge in [-0.25, -0.2) is 4.98 Å². The van der Waals surface area contributed by atoms with Gasteiger partial charge in [-0.05, 0) is 30.3 Å². The summed E-state index contributed by atoms with van der Waals surface area (Å²) in [6.07, 6.45) is 2.05. The van der Waals surface area contributed by atoms with Gasteiger partial charge in [0.25, 0.3) is 0 Å². The van der Waals surface area contributed by atoms with Gasteiger partial charge < -0.3 is 14.2 Å². The van der Waals surface area contributed by atoms with E-state index in [0.29, 0.717) is 11.3 Å². The first kappa shape index (κ1) is 17.3. The van der Waals surface area contributed by atoms with Gasteiger partial charge in [-0.15, -0.1) is 0 Å². The van der Waals surface area contributed by atoms with Crippen LogP contribution in [-0.4, -0.2) is 47.1 Å². The fraction of sp³-hybridized carbons (Fsp3) is 0.238. The Kier molecular flexibility index (Phi) is 4.00. The van der Waals surface area contributed by atoms with Crippen molar-refractivity contribution in [1.82, 2.24) is 14.4 Å². The molecule has 6 nitrogen and oxygen atoms in total. The SMILES string of the molecule is COc1ccc(-c2nc3ccccn3c2C[N+](C)(C)C)c2ccc(=O)[nH]c12. The molecule has 0 unspecified atom stereocenters. The first-order valence-electron chi connectivity index (χ1n) is 8.84. The van der Waals surface area contributed by atoms with Crippen LogP contribution in [0.2, 0.25) is 0 Å². The van der Waals surface area contributed by atoms with E-state index in [-0.39, 0.29) is 5.56 Å². The molecule has 0 aliphatic carbocycles. The van der Waals surface area contributed by atoms with Gasteiger partial charge in [-0.2, -0.15) is 0 Å². The zero-order valence-electron chi connectivity index (χ0n) is 16.0. The second kappa shape index (κ2) is 6.25. The molecule has 0 fully saturated rings. The molecule has 6 heteroatoms. The number of hydrogen-bond acceptors (Lipinski definition) is 3. The molecule has 0 spiro atoms. The lowest BCUT2D eigenvalue weighted by molar-refractivity contribution is -0.884. The van der Waals surface area contributed by atoms with E-state index in [4.69, 9.17) is 9.72 Å². The number of imidazole rings is 1. The fourth-order valence-corrected chi connectivity index (χ4v) is 3.46. The van der Waals surface area contributed by atoms with E-state index in [9.17, 15) is 4.79 Å². The number of methoxy groups -OCH3 is 1. The maximum absolute atomic E-state index is 11.9. The lowest BCUT2D eigenvalue weighted by Crippen LogP contribution is -2.34. The van der Waals surface area contributed by atoms with Gasteiger partial charge in [0, 0.05) is 23.2 Å². The van der Waals surface area contributed by atoms with Crippen LogP contribution in [0.3, 0.4) is 0 Å². The number of nitrogens with one attached hydrogen (secondary N) is 1. The van der Waals surface area contributed by atoms with Crippen LogP contribution in [0.5, 0.6) is 5.75 Å². The molecule has 4 aromatic rings. The highest BCUT2D eigenvalue weighted by molar-refractivity contribution is 5.97. The van der Waals surface area contributed by atoms with Crippen molar-refractivity contribution in [2.75, 3.05) is 28.3 Å². The van der Waals surface area contributed by atoms with Crippen LogP contribution in [0.25, 0.3) is 27.8 Å². The predicted molar refractivity (Wildman–Crippen MR) is 107 cm³/mol. The molecule has 0 amide bonds. The third kappa shape index (κ3) is 3.08. The van der Waals surface area contributed by atoms with Crippen molar-refractivity contribution in [2.45, 2.75) is 6.54 Å². The van der Waals surface area contributed by atoms with Crippen LogP contribution in [0, 0.1) is 0 Å². The fourth-order valence-electron chi connectivity index (χ4n) is 3.46. The minimum atomic E-state index is -0.153. The average Bonchev–Trinajstić information content (AvgIpc) is 2.97. The summed E-state index contributed by atoms with van der Waals surface area (Å²) in [7, 11) is 8.09. The van der Waals surface area contributed by atoms with Crippen molar-refractivity contribution in [3.05, 3.63) is 64.7 Å². The molecule has 3 heterocycles. The highest BCUT2D eigenvalue weighted by Crippen LogP contribution is 2.35. The molecular formula is C21H23N4O2+. The molecule has 1 aromatic carbocycles. The zero-order chi connectivity index (χ0) is 19.2. The first-order valence-corrected chi connectivity index (χ1v) is 8.84. The summed E-state index contributed by atoms with van der Waals surface area (Å²) in [5.74, 6) is 0.642. The minimum Gasteiger partial charge on any atom is -0.495 e. The number of pyridine rings is 2. The maximum Gasteiger partial charge on any atom is 0.248 e. The van der Waals surface area contributed by atoms with Crippen molar-refractivity contribution in [3.63, 3.8) is 0 Å². The van der Waals surface area contributed by atoms with Crippen molar-refractivity contribution in [3.8, 4) is 17.0 Å². The molecule has 0 atom stereocenters. The molecule has 0 saturated carbocycles. The zero-order valence-corrected chi connectivity index (χ0v) is 16.0. The van der Waals surface area contributed by atoms with E-state index < -0.39 is 0 Å². The number of aromatic nitrogens is 3. The first-order chi connectivity index (χ1) is 12.9. The Morgan fingerprint density at radius 1 is 1.11 bits per heavy atom. The Morgan fingerprint density at radius 2 is 1.93 bits per heavy atom. The normalized spacial score (nSPS) is 12.0. The molecule has 138 valence electrons. The molecule has 1 N–H and O–H groups in total. The quantitative estimate of drug-likeness (QED) is 0.567. The second-order valence-electron chi connectivity index (χ2n) is 7.71. The van der Waals surface area contributed by atoms with Gasteiger partial charge in [-0.3, -0.25) is 9.20 Å². The molecule has 27 heavy (non-hydrogen) atoms. The van der Waals surface area contributed by atoms with Crippen LogP contribution < -0.4 is 10.3 Å². The number of aromatic amines is 1. The summed E-state index contributed by atoms with van der Waals surface area (Å²) < 4.78 is 8.36. The van der Waals surface area contributed by atoms with Crippen LogP contribution in [0.15, 0.2) is 53.5 Å². The van der Waals surface area contributed by atoms with E-state index in [2.05, 4.69) is 30.5 Å². The monoisotopic (exact) mass is 363 g/mol. The number of rotatable bonds is 4. The van der Waals surface area contributed by atoms with Crippen LogP contribution >= 0.6 is 0 Å². The van der Waals surface area contributed by atoms with E-state index in [0.717, 1.165) is 39.0 Å². The highest BCUT2D eigenvalue weighted by atomic mass is 16.5. The largest absolute Gasteiger partial charge is 0.495 e. The number of nitrogens with zero attached hydrogens (tertiary/aromatic N) is 3. The molecule has 0 aliphatic heterocycles. The van der Waals surface area contributed by atoms with Crippen molar-refractivity contribution in [2.24, 2.45) is 0 Å². The van der Waals surface area contributed by atoms with E-state index >= 15 is 0 Å². The van der Waals surface area contributed by atoms with Gasteiger partial charge in [0.2, 0.25) is 5.56 Å². The van der Waals surface area contributed by atoms with Gasteiger partial charge >= 0.3 is 0 Å². The minimum absolute atomic E-state index is 0.153. The molecule has 0 aliphatic rings. The Morgan fingerprint density at radius 3 is 2.67 bits per heavy atom. The lowest BCUT2D eigenvalue weighted by atomic mass is 10.0. The number of hydrogen-bond donors (Lipinski definition) is 1. The summed E-state index contributed by atoms with van der Waals surface area (Å²) >= 11 is 0. The van der Waals surface area contributed by atoms with Crippen molar-refractivity contribution >= 4 is 16.6 Å². The highest BCUT2D eigenvalue weighted by Gasteiger charge is 2.22. The molecule has 3 aromatic heterocycles. The van der Waals surface area contributed by atoms with Gasteiger partial charge in [0.1, 0.15) is 23.6 Å². The molecular weight excluding hydrogens is 340 g/mol. The van der Waals surface area contributed by atoms with E-state index in [1.807, 2.05) is 42.6 Å². The Labute approximate surface area is 157 Å². The Bertz CT molecular complexity index is 1200. The maximum atomic E-state index is 11.9. The van der Waals surface area contributed by atoms with Crippen molar-refractivity contribution in [1.29, 1.82) is 0 Å². The summed E-state index contributed by atoms with van der Waals surface area (Å²) in [4.78, 5) is 19.7. The van der Waals surface area contributed by atoms with Crippen LogP contribution in [-0.2, 0) is 6.54 Å². The molecule has 4 rings (SSSR count). The molecule has 0 saturated heterocycles. The molecule has 0 radical (unpaired) electrons. The number of quaternary nitrogens is 1. The van der Waals surface area contributed by atoms with Gasteiger partial charge in [0.15, 0.2) is 0 Å². The lowest BCUT2D eigenvalue weighted by Gasteiger charge is -2.24. The Balaban J connectivity index is 2.06. The summed E-state index contributed by atoms with van der Waals surface area (Å²) in [5.41, 5.74) is 4.48. The average molecular weight is 363 g/mol. The predicted octanol–water partition coefficient (Wildman–Crippen LogP) is 3.06. The van der Waals surface area contributed by atoms with Gasteiger partial charge in [-0.1, -0.05) is 6.07 Å². The second-order valence-corrected chi connectivity index (χ2v) is 7.71. The van der Waals surface area contributed by atoms with Crippen LogP contribution in [0.4, 0.5) is 0 Å². The number of H-pyrrole nitrogens is 1. The third-order valence-corrected chi connectivity index (χ3v) is 4.58. The molecule has 0 bridgehead atoms. The topological polar surface area (TPSA) is 59.4 Å². The van der Waals surface area contributed by atoms with E-state index in [1.54, 1.807) is 13.2 Å². The Hall–Kier alpha value is -3.12. The standard InChI is InChI=1S/C21H22N4O2/c1-25(2,3)13-16-20(22-18-7-5-6-12-24(16)18)14-8-10-17(27-4)21-15(14)9-11-19(26)23-21/h5-12H,13H2,1-4H3/p+1. The van der Waals surface area contributed by atoms with E-state index in [1.165, 1.54) is 0 Å². The third-order valence-electron chi connectivity index (χ3n) is 4.58. The van der Waals surface area contributed by atoms with Gasteiger partial charge in [0.05, 0.1) is 39.5 Å². The number of benzene rings is 1. The number of ether oxygens (including phenoxy) is 1. The summed E-state index contributed by atoms with van der Waals surface area (Å²) in [6.45, 7) is 0.817. The number of fused-ring (bicyclic) bond motifs is 2. The van der Waals surface area contributed by atoms with Crippen LogP contribution in [0.1, 0.15) is 5.69 Å². The summed E-state index contributed by atoms with van der Waals surface area (Å²) in [6, 6.07) is 13.3. The summed E-state index contributed by atoms with van der Waals surface area (Å²) in [5, 5.41) is 0.917. The van der Waals surface area contributed by atoms with Crippen molar-refractivity contribution < 1.29 is 9.22 Å². The smallest absolute Gasteiger partial charge is 0.248 e.